The highest BCUT2D eigenvalue weighted by atomic mass is 79.9. The van der Waals surface area contributed by atoms with Crippen LogP contribution in [0.2, 0.25) is 0 Å². The first-order chi connectivity index (χ1) is 14.0. The van der Waals surface area contributed by atoms with Gasteiger partial charge in [-0.25, -0.2) is 9.97 Å². The molecule has 2 aromatic carbocycles. The Morgan fingerprint density at radius 2 is 1.97 bits per heavy atom. The molecule has 2 N–H and O–H groups in total. The molecule has 0 aliphatic heterocycles. The molecule has 0 bridgehead atoms. The van der Waals surface area contributed by atoms with Crippen molar-refractivity contribution in [1.82, 2.24) is 9.97 Å². The van der Waals surface area contributed by atoms with E-state index in [2.05, 4.69) is 36.5 Å². The second-order valence-electron chi connectivity index (χ2n) is 6.26. The summed E-state index contributed by atoms with van der Waals surface area (Å²) >= 11 is 6.33. The zero-order valence-corrected chi connectivity index (χ0v) is 18.5. The van der Waals surface area contributed by atoms with Gasteiger partial charge in [-0.3, -0.25) is 9.59 Å². The molecule has 0 spiro atoms. The number of halogens is 1. The number of amides is 2. The van der Waals surface area contributed by atoms with Crippen molar-refractivity contribution in [2.24, 2.45) is 0 Å². The van der Waals surface area contributed by atoms with Gasteiger partial charge in [-0.15, -0.1) is 11.3 Å². The van der Waals surface area contributed by atoms with E-state index in [1.807, 2.05) is 41.8 Å². The van der Waals surface area contributed by atoms with Crippen molar-refractivity contribution in [2.75, 3.05) is 10.6 Å². The van der Waals surface area contributed by atoms with E-state index in [1.54, 1.807) is 6.07 Å². The molecular weight excluding hydrogens is 472 g/mol. The standard InChI is InChI=1S/C20H15BrN4O2S2/c1-11(26)22-14-5-6-16-17(8-14)29-20(24-16)25-18(27)9-15-10-28-19(23-15)12-3-2-4-13(21)7-12/h2-8,10H,9H2,1H3,(H,22,26)(H,24,25,27). The Bertz CT molecular complexity index is 1220. The molecule has 0 radical (unpaired) electrons. The summed E-state index contributed by atoms with van der Waals surface area (Å²) in [4.78, 5) is 32.6. The number of aromatic nitrogens is 2. The van der Waals surface area contributed by atoms with E-state index in [4.69, 9.17) is 0 Å². The van der Waals surface area contributed by atoms with Crippen LogP contribution in [-0.2, 0) is 16.0 Å². The number of carbonyl (C=O) groups is 2. The van der Waals surface area contributed by atoms with E-state index in [9.17, 15) is 9.59 Å². The van der Waals surface area contributed by atoms with Crippen molar-refractivity contribution in [2.45, 2.75) is 13.3 Å². The van der Waals surface area contributed by atoms with Crippen molar-refractivity contribution in [3.05, 3.63) is 58.0 Å². The van der Waals surface area contributed by atoms with Crippen LogP contribution in [0.3, 0.4) is 0 Å². The van der Waals surface area contributed by atoms with Crippen LogP contribution >= 0.6 is 38.6 Å². The van der Waals surface area contributed by atoms with Gasteiger partial charge in [-0.05, 0) is 30.3 Å². The minimum Gasteiger partial charge on any atom is -0.326 e. The van der Waals surface area contributed by atoms with E-state index in [0.29, 0.717) is 10.8 Å². The molecule has 0 aliphatic rings. The number of carbonyl (C=O) groups excluding carboxylic acids is 2. The maximum atomic E-state index is 12.4. The van der Waals surface area contributed by atoms with Crippen molar-refractivity contribution >= 4 is 71.5 Å². The molecule has 0 saturated carbocycles. The monoisotopic (exact) mass is 486 g/mol. The Labute approximate surface area is 183 Å². The summed E-state index contributed by atoms with van der Waals surface area (Å²) in [5.41, 5.74) is 3.20. The fourth-order valence-electron chi connectivity index (χ4n) is 2.73. The van der Waals surface area contributed by atoms with Crippen LogP contribution in [0.4, 0.5) is 10.8 Å². The summed E-state index contributed by atoms with van der Waals surface area (Å²) in [5.74, 6) is -0.301. The minimum absolute atomic E-state index is 0.132. The van der Waals surface area contributed by atoms with Gasteiger partial charge >= 0.3 is 0 Å². The maximum Gasteiger partial charge on any atom is 0.232 e. The van der Waals surface area contributed by atoms with Crippen LogP contribution < -0.4 is 10.6 Å². The summed E-state index contributed by atoms with van der Waals surface area (Å²) in [7, 11) is 0. The van der Waals surface area contributed by atoms with Gasteiger partial charge in [0.15, 0.2) is 5.13 Å². The van der Waals surface area contributed by atoms with Crippen molar-refractivity contribution in [3.63, 3.8) is 0 Å². The van der Waals surface area contributed by atoms with E-state index < -0.39 is 0 Å². The van der Waals surface area contributed by atoms with Crippen LogP contribution in [0.15, 0.2) is 52.3 Å². The molecule has 2 amide bonds. The highest BCUT2D eigenvalue weighted by Gasteiger charge is 2.12. The number of nitrogens with one attached hydrogen (secondary N) is 2. The van der Waals surface area contributed by atoms with Gasteiger partial charge in [-0.1, -0.05) is 39.4 Å². The van der Waals surface area contributed by atoms with Crippen LogP contribution in [0.5, 0.6) is 0 Å². The Morgan fingerprint density at radius 3 is 2.76 bits per heavy atom. The summed E-state index contributed by atoms with van der Waals surface area (Å²) in [6.45, 7) is 1.46. The third-order valence-corrected chi connectivity index (χ3v) is 6.29. The van der Waals surface area contributed by atoms with E-state index in [1.165, 1.54) is 29.6 Å². The lowest BCUT2D eigenvalue weighted by atomic mass is 10.2. The number of rotatable bonds is 5. The quantitative estimate of drug-likeness (QED) is 0.399. The first-order valence-electron chi connectivity index (χ1n) is 8.64. The van der Waals surface area contributed by atoms with Crippen LogP contribution in [0.25, 0.3) is 20.8 Å². The number of hydrogen-bond acceptors (Lipinski definition) is 6. The molecule has 4 rings (SSSR count). The number of fused-ring (bicyclic) bond motifs is 1. The Kier molecular flexibility index (Phi) is 5.70. The first-order valence-corrected chi connectivity index (χ1v) is 11.1. The van der Waals surface area contributed by atoms with Gasteiger partial charge in [0.05, 0.1) is 22.3 Å². The maximum absolute atomic E-state index is 12.4. The molecule has 2 heterocycles. The number of benzene rings is 2. The van der Waals surface area contributed by atoms with Gasteiger partial charge in [0.25, 0.3) is 0 Å². The second kappa shape index (κ2) is 8.40. The van der Waals surface area contributed by atoms with Crippen molar-refractivity contribution in [1.29, 1.82) is 0 Å². The van der Waals surface area contributed by atoms with Crippen LogP contribution in [0, 0.1) is 0 Å². The lowest BCUT2D eigenvalue weighted by molar-refractivity contribution is -0.116. The molecule has 0 unspecified atom stereocenters. The van der Waals surface area contributed by atoms with Crippen LogP contribution in [-0.4, -0.2) is 21.8 Å². The second-order valence-corrected chi connectivity index (χ2v) is 9.07. The third-order valence-electron chi connectivity index (χ3n) is 3.92. The number of nitrogens with zero attached hydrogens (tertiary/aromatic N) is 2. The zero-order valence-electron chi connectivity index (χ0n) is 15.2. The largest absolute Gasteiger partial charge is 0.326 e. The summed E-state index contributed by atoms with van der Waals surface area (Å²) in [6.07, 6.45) is 0.178. The topological polar surface area (TPSA) is 84.0 Å². The number of thiazole rings is 2. The molecule has 29 heavy (non-hydrogen) atoms. The van der Waals surface area contributed by atoms with Gasteiger partial charge < -0.3 is 10.6 Å². The van der Waals surface area contributed by atoms with Crippen molar-refractivity contribution in [3.8, 4) is 10.6 Å². The zero-order chi connectivity index (χ0) is 20.4. The van der Waals surface area contributed by atoms with E-state index in [0.717, 1.165) is 31.0 Å². The average Bonchev–Trinajstić information content (AvgIpc) is 3.27. The fraction of sp³-hybridized carbons (Fsp3) is 0.100. The highest BCUT2D eigenvalue weighted by molar-refractivity contribution is 9.10. The molecule has 0 fully saturated rings. The van der Waals surface area contributed by atoms with Gasteiger partial charge in [0, 0.05) is 28.0 Å². The molecule has 9 heteroatoms. The van der Waals surface area contributed by atoms with E-state index >= 15 is 0 Å². The molecule has 0 atom stereocenters. The predicted molar refractivity (Wildman–Crippen MR) is 122 cm³/mol. The summed E-state index contributed by atoms with van der Waals surface area (Å²) < 4.78 is 1.87. The number of anilines is 2. The minimum atomic E-state index is -0.169. The molecular formula is C20H15BrN4O2S2. The number of hydrogen-bond donors (Lipinski definition) is 2. The third kappa shape index (κ3) is 4.87. The Morgan fingerprint density at radius 1 is 1.10 bits per heavy atom. The Balaban J connectivity index is 1.44. The van der Waals surface area contributed by atoms with Gasteiger partial charge in [0.1, 0.15) is 5.01 Å². The molecule has 2 aromatic heterocycles. The Hall–Kier alpha value is -2.62. The SMILES string of the molecule is CC(=O)Nc1ccc2nc(NC(=O)Cc3csc(-c4cccc(Br)c4)n3)sc2c1. The molecule has 6 nitrogen and oxygen atoms in total. The summed E-state index contributed by atoms with van der Waals surface area (Å²) in [6, 6.07) is 13.4. The smallest absolute Gasteiger partial charge is 0.232 e. The molecule has 0 aliphatic carbocycles. The summed E-state index contributed by atoms with van der Waals surface area (Å²) in [5, 5.41) is 8.87. The predicted octanol–water partition coefficient (Wildman–Crippen LogP) is 5.32. The van der Waals surface area contributed by atoms with Gasteiger partial charge in [0.2, 0.25) is 11.8 Å². The molecule has 0 saturated heterocycles. The lowest BCUT2D eigenvalue weighted by Gasteiger charge is -1.99. The normalized spacial score (nSPS) is 10.8. The molecule has 4 aromatic rings. The van der Waals surface area contributed by atoms with Crippen molar-refractivity contribution < 1.29 is 9.59 Å². The fourth-order valence-corrected chi connectivity index (χ4v) is 4.87. The lowest BCUT2D eigenvalue weighted by Crippen LogP contribution is -2.14. The highest BCUT2D eigenvalue weighted by Crippen LogP contribution is 2.29. The first kappa shape index (κ1) is 19.7. The van der Waals surface area contributed by atoms with E-state index in [-0.39, 0.29) is 18.2 Å². The average molecular weight is 487 g/mol. The van der Waals surface area contributed by atoms with Gasteiger partial charge in [-0.2, -0.15) is 0 Å². The molecule has 146 valence electrons. The van der Waals surface area contributed by atoms with Crippen LogP contribution in [0.1, 0.15) is 12.6 Å².